The van der Waals surface area contributed by atoms with E-state index in [4.69, 9.17) is 5.53 Å². The van der Waals surface area contributed by atoms with Crippen LogP contribution in [0.2, 0.25) is 0 Å². The lowest BCUT2D eigenvalue weighted by atomic mass is 10.2. The molecule has 0 aliphatic rings. The van der Waals surface area contributed by atoms with Gasteiger partial charge in [0.05, 0.1) is 20.6 Å². The Morgan fingerprint density at radius 2 is 2.06 bits per heavy atom. The van der Waals surface area contributed by atoms with E-state index in [1.807, 2.05) is 0 Å². The van der Waals surface area contributed by atoms with E-state index in [9.17, 15) is 9.59 Å². The first-order valence-corrected chi connectivity index (χ1v) is 4.49. The standard InChI is InChI=1S/C9H13N3O4/c1-15-8(13)6-4-3-5-7(11-12-10)9(14)16-2/h3-4,7H,5-6H2,1-2H3. The second kappa shape index (κ2) is 8.31. The number of carbonyl (C=O) groups is 2. The van der Waals surface area contributed by atoms with Gasteiger partial charge in [-0.15, -0.1) is 0 Å². The Balaban J connectivity index is 4.16. The number of azide groups is 1. The summed E-state index contributed by atoms with van der Waals surface area (Å²) in [6, 6.07) is -0.899. The van der Waals surface area contributed by atoms with Crippen LogP contribution in [0.25, 0.3) is 10.4 Å². The van der Waals surface area contributed by atoms with Crippen molar-refractivity contribution in [2.45, 2.75) is 18.9 Å². The highest BCUT2D eigenvalue weighted by Crippen LogP contribution is 2.03. The van der Waals surface area contributed by atoms with Gasteiger partial charge in [0.25, 0.3) is 0 Å². The number of nitrogens with zero attached hydrogens (tertiary/aromatic N) is 3. The maximum atomic E-state index is 11.1. The molecule has 1 unspecified atom stereocenters. The van der Waals surface area contributed by atoms with Crippen molar-refractivity contribution in [1.82, 2.24) is 0 Å². The fourth-order valence-electron chi connectivity index (χ4n) is 0.877. The van der Waals surface area contributed by atoms with Crippen molar-refractivity contribution in [2.24, 2.45) is 5.11 Å². The number of hydrogen-bond donors (Lipinski definition) is 0. The molecule has 0 spiro atoms. The van der Waals surface area contributed by atoms with Crippen LogP contribution in [-0.4, -0.2) is 32.2 Å². The molecule has 0 heterocycles. The van der Waals surface area contributed by atoms with E-state index in [1.54, 1.807) is 6.08 Å². The van der Waals surface area contributed by atoms with E-state index >= 15 is 0 Å². The van der Waals surface area contributed by atoms with E-state index in [0.29, 0.717) is 0 Å². The maximum Gasteiger partial charge on any atom is 0.314 e. The van der Waals surface area contributed by atoms with Crippen molar-refractivity contribution in [3.8, 4) is 0 Å². The molecule has 0 saturated carbocycles. The highest BCUT2D eigenvalue weighted by molar-refractivity contribution is 5.76. The number of rotatable bonds is 6. The summed E-state index contributed by atoms with van der Waals surface area (Å²) in [7, 11) is 2.49. The summed E-state index contributed by atoms with van der Waals surface area (Å²) in [5, 5.41) is 3.27. The first-order valence-electron chi connectivity index (χ1n) is 4.49. The van der Waals surface area contributed by atoms with Crippen molar-refractivity contribution in [1.29, 1.82) is 0 Å². The zero-order valence-electron chi connectivity index (χ0n) is 9.12. The average Bonchev–Trinajstić information content (AvgIpc) is 2.31. The Bertz CT molecular complexity index is 321. The fraction of sp³-hybridized carbons (Fsp3) is 0.556. The topological polar surface area (TPSA) is 101 Å². The van der Waals surface area contributed by atoms with Gasteiger partial charge in [-0.05, 0) is 12.0 Å². The number of hydrogen-bond acceptors (Lipinski definition) is 5. The summed E-state index contributed by atoms with van der Waals surface area (Å²) in [6.07, 6.45) is 3.40. The molecule has 0 aromatic carbocycles. The minimum absolute atomic E-state index is 0.112. The minimum atomic E-state index is -0.899. The first-order chi connectivity index (χ1) is 7.65. The van der Waals surface area contributed by atoms with Crippen LogP contribution < -0.4 is 0 Å². The molecule has 88 valence electrons. The third-order valence-electron chi connectivity index (χ3n) is 1.70. The van der Waals surface area contributed by atoms with Crippen LogP contribution in [0.1, 0.15) is 12.8 Å². The van der Waals surface area contributed by atoms with Crippen molar-refractivity contribution in [3.63, 3.8) is 0 Å². The molecule has 16 heavy (non-hydrogen) atoms. The Morgan fingerprint density at radius 3 is 2.56 bits per heavy atom. The maximum absolute atomic E-state index is 11.1. The van der Waals surface area contributed by atoms with Crippen LogP contribution in [0.3, 0.4) is 0 Å². The number of methoxy groups -OCH3 is 2. The molecule has 0 aromatic heterocycles. The quantitative estimate of drug-likeness (QED) is 0.224. The second-order valence-electron chi connectivity index (χ2n) is 2.73. The average molecular weight is 227 g/mol. The molecule has 0 N–H and O–H groups in total. The molecule has 0 saturated heterocycles. The Morgan fingerprint density at radius 1 is 1.38 bits per heavy atom. The monoisotopic (exact) mass is 227 g/mol. The molecule has 0 bridgehead atoms. The zero-order valence-corrected chi connectivity index (χ0v) is 9.12. The van der Waals surface area contributed by atoms with Gasteiger partial charge in [0.2, 0.25) is 0 Å². The van der Waals surface area contributed by atoms with Crippen LogP contribution in [0.15, 0.2) is 17.3 Å². The summed E-state index contributed by atoms with van der Waals surface area (Å²) in [5.74, 6) is -0.991. The summed E-state index contributed by atoms with van der Waals surface area (Å²) in [6.45, 7) is 0. The summed E-state index contributed by atoms with van der Waals surface area (Å²) in [5.41, 5.74) is 8.22. The van der Waals surface area contributed by atoms with Gasteiger partial charge in [-0.1, -0.05) is 17.3 Å². The molecule has 0 aliphatic heterocycles. The van der Waals surface area contributed by atoms with Crippen molar-refractivity contribution < 1.29 is 19.1 Å². The van der Waals surface area contributed by atoms with Crippen molar-refractivity contribution >= 4 is 11.9 Å². The van der Waals surface area contributed by atoms with E-state index in [1.165, 1.54) is 20.3 Å². The number of ether oxygens (including phenoxy) is 2. The Hall–Kier alpha value is -2.01. The molecule has 0 radical (unpaired) electrons. The third kappa shape index (κ3) is 5.66. The second-order valence-corrected chi connectivity index (χ2v) is 2.73. The highest BCUT2D eigenvalue weighted by atomic mass is 16.5. The lowest BCUT2D eigenvalue weighted by molar-refractivity contribution is -0.142. The molecule has 0 aromatic rings. The molecular formula is C9H13N3O4. The SMILES string of the molecule is COC(=O)CC=CCC(N=[N+]=[N-])C(=O)OC. The van der Waals surface area contributed by atoms with Crippen LogP contribution in [0.5, 0.6) is 0 Å². The predicted molar refractivity (Wildman–Crippen MR) is 55.3 cm³/mol. The molecule has 7 nitrogen and oxygen atoms in total. The summed E-state index contributed by atoms with van der Waals surface area (Å²) < 4.78 is 8.84. The van der Waals surface area contributed by atoms with Crippen molar-refractivity contribution in [2.75, 3.05) is 14.2 Å². The van der Waals surface area contributed by atoms with Gasteiger partial charge in [0.15, 0.2) is 0 Å². The first kappa shape index (κ1) is 14.0. The minimum Gasteiger partial charge on any atom is -0.469 e. The molecular weight excluding hydrogens is 214 g/mol. The molecule has 0 rings (SSSR count). The number of carbonyl (C=O) groups excluding carboxylic acids is 2. The zero-order chi connectivity index (χ0) is 12.4. The van der Waals surface area contributed by atoms with Gasteiger partial charge in [0.1, 0.15) is 6.04 Å². The molecule has 7 heteroatoms. The molecule has 0 fully saturated rings. The fourth-order valence-corrected chi connectivity index (χ4v) is 0.877. The van der Waals surface area contributed by atoms with Crippen LogP contribution >= 0.6 is 0 Å². The van der Waals surface area contributed by atoms with Gasteiger partial charge < -0.3 is 9.47 Å². The molecule has 1 atom stereocenters. The van der Waals surface area contributed by atoms with Gasteiger partial charge in [-0.25, -0.2) is 0 Å². The van der Waals surface area contributed by atoms with Gasteiger partial charge in [-0.3, -0.25) is 9.59 Å². The Labute approximate surface area is 92.7 Å². The normalized spacial score (nSPS) is 11.6. The Kier molecular flexibility index (Phi) is 7.27. The largest absolute Gasteiger partial charge is 0.469 e. The van der Waals surface area contributed by atoms with Crippen LogP contribution in [-0.2, 0) is 19.1 Å². The number of esters is 2. The molecule has 0 aliphatic carbocycles. The lowest BCUT2D eigenvalue weighted by Gasteiger charge is -2.04. The predicted octanol–water partition coefficient (Wildman–Crippen LogP) is 1.35. The van der Waals surface area contributed by atoms with Crippen LogP contribution in [0, 0.1) is 0 Å². The highest BCUT2D eigenvalue weighted by Gasteiger charge is 2.15. The van der Waals surface area contributed by atoms with Gasteiger partial charge in [0, 0.05) is 4.91 Å². The van der Waals surface area contributed by atoms with E-state index in [2.05, 4.69) is 19.5 Å². The van der Waals surface area contributed by atoms with E-state index in [-0.39, 0.29) is 18.8 Å². The van der Waals surface area contributed by atoms with E-state index < -0.39 is 12.0 Å². The smallest absolute Gasteiger partial charge is 0.314 e. The third-order valence-corrected chi connectivity index (χ3v) is 1.70. The summed E-state index contributed by atoms with van der Waals surface area (Å²) >= 11 is 0. The molecule has 0 amide bonds. The van der Waals surface area contributed by atoms with E-state index in [0.717, 1.165) is 0 Å². The van der Waals surface area contributed by atoms with Crippen molar-refractivity contribution in [3.05, 3.63) is 22.6 Å². The lowest BCUT2D eigenvalue weighted by Crippen LogP contribution is -2.18. The van der Waals surface area contributed by atoms with Gasteiger partial charge in [-0.2, -0.15) is 0 Å². The summed E-state index contributed by atoms with van der Waals surface area (Å²) in [4.78, 5) is 24.3. The van der Waals surface area contributed by atoms with Gasteiger partial charge >= 0.3 is 11.9 Å². The van der Waals surface area contributed by atoms with Crippen LogP contribution in [0.4, 0.5) is 0 Å².